The van der Waals surface area contributed by atoms with Gasteiger partial charge in [-0.25, -0.2) is 0 Å². The van der Waals surface area contributed by atoms with Gasteiger partial charge in [0.2, 0.25) is 0 Å². The molecule has 2 aliphatic carbocycles. The van der Waals surface area contributed by atoms with Gasteiger partial charge in [-0.05, 0) is 31.1 Å². The number of alkyl halides is 1. The van der Waals surface area contributed by atoms with Gasteiger partial charge in [0.25, 0.3) is 0 Å². The molecule has 2 saturated carbocycles. The van der Waals surface area contributed by atoms with Crippen LogP contribution in [0.4, 0.5) is 0 Å². The van der Waals surface area contributed by atoms with Gasteiger partial charge in [0.15, 0.2) is 0 Å². The topological polar surface area (TPSA) is 0 Å². The lowest BCUT2D eigenvalue weighted by Gasteiger charge is -2.30. The van der Waals surface area contributed by atoms with E-state index in [1.54, 1.807) is 0 Å². The molecule has 2 aliphatic rings. The smallest absolute Gasteiger partial charge is 0.0156 e. The lowest BCUT2D eigenvalue weighted by atomic mass is 9.82. The molecule has 2 rings (SSSR count). The average Bonchev–Trinajstić information content (AvgIpc) is 2.14. The number of rotatable bonds is 0. The van der Waals surface area contributed by atoms with E-state index in [0.29, 0.717) is 0 Å². The zero-order chi connectivity index (χ0) is 4.91. The van der Waals surface area contributed by atoms with E-state index in [-0.39, 0.29) is 0 Å². The summed E-state index contributed by atoms with van der Waals surface area (Å²) in [6.07, 6.45) is 5.98. The normalized spacial score (nSPS) is 35.6. The molecule has 40 valence electrons. The molecule has 2 fully saturated rings. The largest absolute Gasteiger partial charge is 0.0890 e. The van der Waals surface area contributed by atoms with E-state index in [0.717, 1.165) is 10.2 Å². The number of hydrogen-bond donors (Lipinski definition) is 0. The first-order valence-corrected chi connectivity index (χ1v) is 3.86. The zero-order valence-electron chi connectivity index (χ0n) is 4.28. The van der Waals surface area contributed by atoms with Crippen molar-refractivity contribution in [1.82, 2.24) is 0 Å². The van der Waals surface area contributed by atoms with E-state index in [1.165, 1.54) is 25.7 Å². The van der Waals surface area contributed by atoms with Crippen molar-refractivity contribution in [2.24, 2.45) is 5.41 Å². The first-order valence-electron chi connectivity index (χ1n) is 2.95. The highest BCUT2D eigenvalue weighted by atomic mass is 79.9. The van der Waals surface area contributed by atoms with Gasteiger partial charge in [-0.3, -0.25) is 0 Å². The Morgan fingerprint density at radius 2 is 1.86 bits per heavy atom. The van der Waals surface area contributed by atoms with Gasteiger partial charge in [0.05, 0.1) is 0 Å². The first kappa shape index (κ1) is 4.37. The van der Waals surface area contributed by atoms with Crippen molar-refractivity contribution in [3.8, 4) is 0 Å². The quantitative estimate of drug-likeness (QED) is 0.478. The highest BCUT2D eigenvalue weighted by molar-refractivity contribution is 9.09. The summed E-state index contributed by atoms with van der Waals surface area (Å²) in [4.78, 5) is 0.884. The van der Waals surface area contributed by atoms with E-state index >= 15 is 0 Å². The fourth-order valence-corrected chi connectivity index (χ4v) is 2.84. The second kappa shape index (κ2) is 1.07. The molecule has 0 heterocycles. The van der Waals surface area contributed by atoms with E-state index in [2.05, 4.69) is 15.9 Å². The summed E-state index contributed by atoms with van der Waals surface area (Å²) >= 11 is 3.58. The van der Waals surface area contributed by atoms with Crippen LogP contribution in [0.15, 0.2) is 0 Å². The van der Waals surface area contributed by atoms with E-state index in [1.807, 2.05) is 0 Å². The fourth-order valence-electron chi connectivity index (χ4n) is 1.46. The Bertz CT molecular complexity index is 86.4. The second-order valence-electron chi connectivity index (χ2n) is 3.01. The number of halogens is 1. The molecule has 0 amide bonds. The van der Waals surface area contributed by atoms with E-state index in [4.69, 9.17) is 0 Å². The summed E-state index contributed by atoms with van der Waals surface area (Å²) in [6, 6.07) is 0. The zero-order valence-corrected chi connectivity index (χ0v) is 5.87. The third-order valence-corrected chi connectivity index (χ3v) is 2.91. The molecule has 1 heteroatoms. The van der Waals surface area contributed by atoms with Gasteiger partial charge in [-0.15, -0.1) is 0 Å². The molecule has 0 saturated heterocycles. The lowest BCUT2D eigenvalue weighted by molar-refractivity contribution is 0.307. The molecule has 0 N–H and O–H groups in total. The molecule has 7 heavy (non-hydrogen) atoms. The van der Waals surface area contributed by atoms with Gasteiger partial charge in [0.1, 0.15) is 0 Å². The van der Waals surface area contributed by atoms with Crippen molar-refractivity contribution in [2.45, 2.75) is 30.5 Å². The Morgan fingerprint density at radius 3 is 2.00 bits per heavy atom. The molecule has 0 bridgehead atoms. The van der Waals surface area contributed by atoms with Gasteiger partial charge < -0.3 is 0 Å². The predicted molar refractivity (Wildman–Crippen MR) is 33.6 cm³/mol. The molecular formula is C6H9Br. The maximum atomic E-state index is 3.58. The van der Waals surface area contributed by atoms with E-state index in [9.17, 15) is 0 Å². The van der Waals surface area contributed by atoms with Crippen molar-refractivity contribution < 1.29 is 0 Å². The monoisotopic (exact) mass is 160 g/mol. The molecule has 0 aromatic carbocycles. The molecule has 1 spiro atoms. The van der Waals surface area contributed by atoms with Crippen LogP contribution in [0.1, 0.15) is 25.7 Å². The summed E-state index contributed by atoms with van der Waals surface area (Å²) in [5.74, 6) is 0. The second-order valence-corrected chi connectivity index (χ2v) is 4.30. The number of hydrogen-bond acceptors (Lipinski definition) is 0. The average molecular weight is 161 g/mol. The van der Waals surface area contributed by atoms with Gasteiger partial charge in [0, 0.05) is 4.83 Å². The molecule has 0 unspecified atom stereocenters. The molecular weight excluding hydrogens is 152 g/mol. The first-order chi connectivity index (χ1) is 3.31. The van der Waals surface area contributed by atoms with Crippen LogP contribution >= 0.6 is 15.9 Å². The maximum absolute atomic E-state index is 3.58. The van der Waals surface area contributed by atoms with Crippen molar-refractivity contribution in [3.05, 3.63) is 0 Å². The molecule has 0 aromatic rings. The Balaban J connectivity index is 1.97. The van der Waals surface area contributed by atoms with Gasteiger partial charge in [-0.1, -0.05) is 15.9 Å². The lowest BCUT2D eigenvalue weighted by Crippen LogP contribution is -2.24. The molecule has 0 nitrogen and oxygen atoms in total. The third-order valence-electron chi connectivity index (χ3n) is 2.27. The predicted octanol–water partition coefficient (Wildman–Crippen LogP) is 2.32. The maximum Gasteiger partial charge on any atom is 0.0156 e. The van der Waals surface area contributed by atoms with Gasteiger partial charge >= 0.3 is 0 Å². The van der Waals surface area contributed by atoms with Crippen molar-refractivity contribution in [1.29, 1.82) is 0 Å². The van der Waals surface area contributed by atoms with Crippen LogP contribution in [0.5, 0.6) is 0 Å². The van der Waals surface area contributed by atoms with Crippen molar-refractivity contribution >= 4 is 15.9 Å². The minimum Gasteiger partial charge on any atom is -0.0890 e. The highest BCUT2D eigenvalue weighted by Gasteiger charge is 2.51. The SMILES string of the molecule is BrC1CC2(CC2)C1. The molecule has 0 aliphatic heterocycles. The van der Waals surface area contributed by atoms with Crippen LogP contribution in [0.2, 0.25) is 0 Å². The summed E-state index contributed by atoms with van der Waals surface area (Å²) < 4.78 is 0. The summed E-state index contributed by atoms with van der Waals surface area (Å²) in [5, 5.41) is 0. The minimum absolute atomic E-state index is 0.884. The Labute approximate surface area is 52.4 Å². The summed E-state index contributed by atoms with van der Waals surface area (Å²) in [5.41, 5.74) is 0.897. The van der Waals surface area contributed by atoms with Crippen LogP contribution in [0, 0.1) is 5.41 Å². The summed E-state index contributed by atoms with van der Waals surface area (Å²) in [6.45, 7) is 0. The Hall–Kier alpha value is 0.480. The van der Waals surface area contributed by atoms with Crippen molar-refractivity contribution in [2.75, 3.05) is 0 Å². The van der Waals surface area contributed by atoms with Crippen LogP contribution in [-0.2, 0) is 0 Å². The fraction of sp³-hybridized carbons (Fsp3) is 1.00. The van der Waals surface area contributed by atoms with Crippen LogP contribution in [0.25, 0.3) is 0 Å². The highest BCUT2D eigenvalue weighted by Crippen LogP contribution is 2.62. The molecule has 0 aromatic heterocycles. The van der Waals surface area contributed by atoms with E-state index < -0.39 is 0 Å². The molecule has 0 radical (unpaired) electrons. The Kier molecular flexibility index (Phi) is 0.668. The standard InChI is InChI=1S/C6H9Br/c7-5-3-6(4-5)1-2-6/h5H,1-4H2. The van der Waals surface area contributed by atoms with Crippen LogP contribution < -0.4 is 0 Å². The van der Waals surface area contributed by atoms with Crippen molar-refractivity contribution in [3.63, 3.8) is 0 Å². The van der Waals surface area contributed by atoms with Crippen LogP contribution in [0.3, 0.4) is 0 Å². The summed E-state index contributed by atoms with van der Waals surface area (Å²) in [7, 11) is 0. The Morgan fingerprint density at radius 1 is 1.29 bits per heavy atom. The molecule has 0 atom stereocenters. The van der Waals surface area contributed by atoms with Gasteiger partial charge in [-0.2, -0.15) is 0 Å². The minimum atomic E-state index is 0.884. The third kappa shape index (κ3) is 0.543. The van der Waals surface area contributed by atoms with Crippen LogP contribution in [-0.4, -0.2) is 4.83 Å².